The molecule has 1 amide bonds. The molecule has 116 valence electrons. The van der Waals surface area contributed by atoms with E-state index >= 15 is 0 Å². The van der Waals surface area contributed by atoms with Gasteiger partial charge in [0.15, 0.2) is 11.5 Å². The number of carbonyl (C=O) groups excluding carboxylic acids is 1. The molecule has 0 unspecified atom stereocenters. The molecule has 0 aliphatic rings. The molecular weight excluding hydrogens is 280 g/mol. The van der Waals surface area contributed by atoms with Gasteiger partial charge >= 0.3 is 0 Å². The van der Waals surface area contributed by atoms with Crippen LogP contribution in [0.1, 0.15) is 12.1 Å². The minimum absolute atomic E-state index is 0.0363. The zero-order chi connectivity index (χ0) is 15.6. The van der Waals surface area contributed by atoms with Crippen LogP contribution in [0.3, 0.4) is 0 Å². The van der Waals surface area contributed by atoms with Gasteiger partial charge in [0.1, 0.15) is 0 Å². The van der Waals surface area contributed by atoms with Crippen molar-refractivity contribution in [1.29, 1.82) is 0 Å². The van der Waals surface area contributed by atoms with Gasteiger partial charge in [0.05, 0.1) is 20.1 Å². The van der Waals surface area contributed by atoms with E-state index in [1.807, 2.05) is 42.5 Å². The van der Waals surface area contributed by atoms with Crippen molar-refractivity contribution < 1.29 is 14.3 Å². The molecule has 1 aromatic heterocycles. The lowest BCUT2D eigenvalue weighted by molar-refractivity contribution is -0.121. The van der Waals surface area contributed by atoms with Crippen molar-refractivity contribution in [2.24, 2.45) is 0 Å². The van der Waals surface area contributed by atoms with Gasteiger partial charge in [-0.15, -0.1) is 0 Å². The van der Waals surface area contributed by atoms with E-state index in [4.69, 9.17) is 9.47 Å². The first-order chi connectivity index (χ1) is 10.8. The van der Waals surface area contributed by atoms with Gasteiger partial charge in [-0.3, -0.25) is 9.78 Å². The van der Waals surface area contributed by atoms with E-state index in [9.17, 15) is 4.79 Å². The summed E-state index contributed by atoms with van der Waals surface area (Å²) < 4.78 is 10.7. The zero-order valence-corrected chi connectivity index (χ0v) is 12.6. The lowest BCUT2D eigenvalue weighted by Gasteiger charge is -2.10. The predicted octanol–water partition coefficient (Wildman–Crippen LogP) is 2.22. The second-order valence-corrected chi connectivity index (χ2v) is 4.67. The summed E-state index contributed by atoms with van der Waals surface area (Å²) in [5.74, 6) is 1.27. The molecule has 5 heteroatoms. The summed E-state index contributed by atoms with van der Waals surface area (Å²) in [6.45, 7) is 0.889. The average Bonchev–Trinajstić information content (AvgIpc) is 2.56. The average molecular weight is 300 g/mol. The zero-order valence-electron chi connectivity index (χ0n) is 12.6. The molecule has 22 heavy (non-hydrogen) atoms. The minimum atomic E-state index is -0.0363. The van der Waals surface area contributed by atoms with E-state index in [1.165, 1.54) is 0 Å². The first kappa shape index (κ1) is 15.8. The second kappa shape index (κ2) is 8.67. The summed E-state index contributed by atoms with van der Waals surface area (Å²) in [4.78, 5) is 15.9. The Morgan fingerprint density at radius 1 is 1.14 bits per heavy atom. The molecule has 1 heterocycles. The monoisotopic (exact) mass is 300 g/mol. The molecule has 2 rings (SSSR count). The summed E-state index contributed by atoms with van der Waals surface area (Å²) in [5.41, 5.74) is 0.966. The SMILES string of the molecule is COc1ccccc1OCCC(=O)NCCc1ccccn1. The number of amides is 1. The molecule has 0 spiro atoms. The van der Waals surface area contributed by atoms with Gasteiger partial charge in [-0.25, -0.2) is 0 Å². The minimum Gasteiger partial charge on any atom is -0.493 e. The summed E-state index contributed by atoms with van der Waals surface area (Å²) in [6.07, 6.45) is 2.78. The highest BCUT2D eigenvalue weighted by Crippen LogP contribution is 2.25. The van der Waals surface area contributed by atoms with Crippen LogP contribution in [-0.4, -0.2) is 31.2 Å². The first-order valence-corrected chi connectivity index (χ1v) is 7.22. The molecule has 0 saturated carbocycles. The number of rotatable bonds is 8. The molecule has 1 aromatic carbocycles. The van der Waals surface area contributed by atoms with Gasteiger partial charge in [0.25, 0.3) is 0 Å². The number of hydrogen-bond donors (Lipinski definition) is 1. The van der Waals surface area contributed by atoms with Gasteiger partial charge in [0.2, 0.25) is 5.91 Å². The van der Waals surface area contributed by atoms with Crippen LogP contribution < -0.4 is 14.8 Å². The third-order valence-electron chi connectivity index (χ3n) is 3.09. The van der Waals surface area contributed by atoms with Gasteiger partial charge in [-0.05, 0) is 24.3 Å². The lowest BCUT2D eigenvalue weighted by Crippen LogP contribution is -2.27. The van der Waals surface area contributed by atoms with Gasteiger partial charge in [0, 0.05) is 24.9 Å². The second-order valence-electron chi connectivity index (χ2n) is 4.67. The Labute approximate surface area is 130 Å². The number of hydrogen-bond acceptors (Lipinski definition) is 4. The summed E-state index contributed by atoms with van der Waals surface area (Å²) in [6, 6.07) is 13.1. The number of para-hydroxylation sites is 2. The first-order valence-electron chi connectivity index (χ1n) is 7.22. The quantitative estimate of drug-likeness (QED) is 0.812. The Morgan fingerprint density at radius 2 is 1.91 bits per heavy atom. The van der Waals surface area contributed by atoms with Crippen LogP contribution in [0.25, 0.3) is 0 Å². The number of benzene rings is 1. The molecular formula is C17H20N2O3. The van der Waals surface area contributed by atoms with E-state index in [1.54, 1.807) is 13.3 Å². The number of ether oxygens (including phenoxy) is 2. The van der Waals surface area contributed by atoms with E-state index in [-0.39, 0.29) is 5.91 Å². The summed E-state index contributed by atoms with van der Waals surface area (Å²) >= 11 is 0. The number of pyridine rings is 1. The molecule has 0 bridgehead atoms. The number of aromatic nitrogens is 1. The maximum atomic E-state index is 11.7. The van der Waals surface area contributed by atoms with Crippen LogP contribution in [0.4, 0.5) is 0 Å². The molecule has 0 aliphatic heterocycles. The van der Waals surface area contributed by atoms with Crippen LogP contribution in [0.15, 0.2) is 48.7 Å². The third-order valence-corrected chi connectivity index (χ3v) is 3.09. The topological polar surface area (TPSA) is 60.5 Å². The van der Waals surface area contributed by atoms with Crippen molar-refractivity contribution in [3.63, 3.8) is 0 Å². The van der Waals surface area contributed by atoms with Crippen molar-refractivity contribution in [2.75, 3.05) is 20.3 Å². The Bertz CT molecular complexity index is 587. The fraction of sp³-hybridized carbons (Fsp3) is 0.294. The molecule has 0 aliphatic carbocycles. The van der Waals surface area contributed by atoms with Crippen LogP contribution in [0.2, 0.25) is 0 Å². The Kier molecular flexibility index (Phi) is 6.23. The fourth-order valence-corrected chi connectivity index (χ4v) is 1.96. The normalized spacial score (nSPS) is 10.0. The van der Waals surface area contributed by atoms with Crippen LogP contribution in [0, 0.1) is 0 Å². The predicted molar refractivity (Wildman–Crippen MR) is 84.1 cm³/mol. The van der Waals surface area contributed by atoms with Crippen LogP contribution in [-0.2, 0) is 11.2 Å². The van der Waals surface area contributed by atoms with E-state index < -0.39 is 0 Å². The molecule has 2 aromatic rings. The highest BCUT2D eigenvalue weighted by Gasteiger charge is 2.05. The van der Waals surface area contributed by atoms with Gasteiger partial charge < -0.3 is 14.8 Å². The van der Waals surface area contributed by atoms with E-state index in [2.05, 4.69) is 10.3 Å². The molecule has 0 radical (unpaired) electrons. The van der Waals surface area contributed by atoms with Gasteiger partial charge in [-0.1, -0.05) is 18.2 Å². The smallest absolute Gasteiger partial charge is 0.223 e. The molecule has 0 fully saturated rings. The number of methoxy groups -OCH3 is 1. The van der Waals surface area contributed by atoms with Crippen molar-refractivity contribution in [2.45, 2.75) is 12.8 Å². The van der Waals surface area contributed by atoms with Gasteiger partial charge in [-0.2, -0.15) is 0 Å². The maximum absolute atomic E-state index is 11.7. The summed E-state index contributed by atoms with van der Waals surface area (Å²) in [7, 11) is 1.59. The third kappa shape index (κ3) is 5.09. The molecule has 0 atom stereocenters. The van der Waals surface area contributed by atoms with E-state index in [0.717, 1.165) is 12.1 Å². The maximum Gasteiger partial charge on any atom is 0.223 e. The summed E-state index contributed by atoms with van der Waals surface area (Å²) in [5, 5.41) is 2.86. The lowest BCUT2D eigenvalue weighted by atomic mass is 10.2. The van der Waals surface area contributed by atoms with Crippen LogP contribution in [0.5, 0.6) is 11.5 Å². The van der Waals surface area contributed by atoms with Crippen molar-refractivity contribution in [3.8, 4) is 11.5 Å². The highest BCUT2D eigenvalue weighted by molar-refractivity contribution is 5.75. The van der Waals surface area contributed by atoms with Crippen molar-refractivity contribution >= 4 is 5.91 Å². The Morgan fingerprint density at radius 3 is 2.64 bits per heavy atom. The fourth-order valence-electron chi connectivity index (χ4n) is 1.96. The Balaban J connectivity index is 1.65. The largest absolute Gasteiger partial charge is 0.493 e. The highest BCUT2D eigenvalue weighted by atomic mass is 16.5. The Hall–Kier alpha value is -2.56. The number of nitrogens with zero attached hydrogens (tertiary/aromatic N) is 1. The van der Waals surface area contributed by atoms with E-state index in [0.29, 0.717) is 31.1 Å². The van der Waals surface area contributed by atoms with Crippen molar-refractivity contribution in [3.05, 3.63) is 54.4 Å². The molecule has 0 saturated heterocycles. The molecule has 1 N–H and O–H groups in total. The number of nitrogens with one attached hydrogen (secondary N) is 1. The molecule has 5 nitrogen and oxygen atoms in total. The van der Waals surface area contributed by atoms with Crippen molar-refractivity contribution in [1.82, 2.24) is 10.3 Å². The standard InChI is InChI=1S/C17H20N2O3/c1-21-15-7-2-3-8-16(15)22-13-10-17(20)19-12-9-14-6-4-5-11-18-14/h2-8,11H,9-10,12-13H2,1H3,(H,19,20). The number of carbonyl (C=O) groups is 1. The van der Waals surface area contributed by atoms with Crippen LogP contribution >= 0.6 is 0 Å².